The van der Waals surface area contributed by atoms with Crippen molar-refractivity contribution in [2.45, 2.75) is 63.3 Å². The van der Waals surface area contributed by atoms with Gasteiger partial charge in [-0.15, -0.1) is 0 Å². The van der Waals surface area contributed by atoms with Crippen LogP contribution in [0.3, 0.4) is 0 Å². The Kier molecular flexibility index (Phi) is 7.19. The maximum atomic E-state index is 12.3. The second-order valence-electron chi connectivity index (χ2n) is 5.35. The van der Waals surface area contributed by atoms with Crippen LogP contribution in [0.25, 0.3) is 0 Å². The van der Waals surface area contributed by atoms with Crippen molar-refractivity contribution in [3.8, 4) is 0 Å². The fourth-order valence-electron chi connectivity index (χ4n) is 2.80. The van der Waals surface area contributed by atoms with Crippen LogP contribution in [-0.2, 0) is 4.79 Å². The second-order valence-corrected chi connectivity index (χ2v) is 6.42. The van der Waals surface area contributed by atoms with Crippen molar-refractivity contribution in [3.05, 3.63) is 0 Å². The molecule has 0 saturated heterocycles. The number of carboxylic acid groups (broad SMARTS) is 1. The van der Waals surface area contributed by atoms with Gasteiger partial charge in [-0.3, -0.25) is 4.79 Å². The molecular weight excluding hydrogens is 276 g/mol. The lowest BCUT2D eigenvalue weighted by Crippen LogP contribution is -2.52. The predicted molar refractivity (Wildman–Crippen MR) is 82.2 cm³/mol. The van der Waals surface area contributed by atoms with Gasteiger partial charge in [-0.05, 0) is 32.9 Å². The molecule has 1 aliphatic carbocycles. The molecule has 5 nitrogen and oxygen atoms in total. The number of hydrogen-bond donors (Lipinski definition) is 2. The Bertz CT molecular complexity index is 338. The number of aliphatic carboxylic acids is 1. The number of rotatable bonds is 6. The van der Waals surface area contributed by atoms with E-state index in [1.54, 1.807) is 23.6 Å². The van der Waals surface area contributed by atoms with Crippen LogP contribution >= 0.6 is 11.8 Å². The molecule has 0 aromatic heterocycles. The molecule has 0 aromatic rings. The van der Waals surface area contributed by atoms with Crippen LogP contribution in [0.5, 0.6) is 0 Å². The van der Waals surface area contributed by atoms with Gasteiger partial charge in [-0.2, -0.15) is 11.8 Å². The molecule has 3 unspecified atom stereocenters. The molecule has 0 aromatic carbocycles. The van der Waals surface area contributed by atoms with E-state index in [1.165, 1.54) is 6.42 Å². The summed E-state index contributed by atoms with van der Waals surface area (Å²) in [6.45, 7) is 4.19. The third-order valence-electron chi connectivity index (χ3n) is 3.92. The van der Waals surface area contributed by atoms with Crippen molar-refractivity contribution in [1.29, 1.82) is 0 Å². The lowest BCUT2D eigenvalue weighted by molar-refractivity contribution is -0.138. The Morgan fingerprint density at radius 3 is 2.60 bits per heavy atom. The molecule has 3 atom stereocenters. The van der Waals surface area contributed by atoms with Crippen molar-refractivity contribution in [1.82, 2.24) is 10.2 Å². The van der Waals surface area contributed by atoms with Gasteiger partial charge in [0.2, 0.25) is 0 Å². The molecule has 1 rings (SSSR count). The third kappa shape index (κ3) is 4.89. The maximum Gasteiger partial charge on any atom is 0.317 e. The number of carbonyl (C=O) groups excluding carboxylic acids is 1. The van der Waals surface area contributed by atoms with E-state index in [4.69, 9.17) is 5.11 Å². The van der Waals surface area contributed by atoms with Crippen molar-refractivity contribution in [3.63, 3.8) is 0 Å². The van der Waals surface area contributed by atoms with Gasteiger partial charge in [0, 0.05) is 23.9 Å². The van der Waals surface area contributed by atoms with Gasteiger partial charge in [0.1, 0.15) is 0 Å². The molecule has 1 fully saturated rings. The molecule has 1 saturated carbocycles. The van der Waals surface area contributed by atoms with Crippen LogP contribution < -0.4 is 5.32 Å². The smallest absolute Gasteiger partial charge is 0.317 e. The molecule has 2 amide bonds. The lowest BCUT2D eigenvalue weighted by atomic mass is 9.95. The normalized spacial score (nSPS) is 23.9. The molecule has 2 N–H and O–H groups in total. The first-order chi connectivity index (χ1) is 9.49. The van der Waals surface area contributed by atoms with Crippen LogP contribution in [-0.4, -0.2) is 52.1 Å². The van der Waals surface area contributed by atoms with Gasteiger partial charge in [0.05, 0.1) is 6.42 Å². The number of thioether (sulfide) groups is 1. The van der Waals surface area contributed by atoms with Crippen LogP contribution in [0, 0.1) is 0 Å². The minimum Gasteiger partial charge on any atom is -0.481 e. The molecule has 0 bridgehead atoms. The van der Waals surface area contributed by atoms with Gasteiger partial charge in [-0.1, -0.05) is 12.8 Å². The number of urea groups is 1. The largest absolute Gasteiger partial charge is 0.481 e. The number of carboxylic acids is 1. The summed E-state index contributed by atoms with van der Waals surface area (Å²) in [6.07, 6.45) is 6.60. The highest BCUT2D eigenvalue weighted by Crippen LogP contribution is 2.27. The Labute approximate surface area is 125 Å². The number of nitrogens with zero attached hydrogens (tertiary/aromatic N) is 1. The van der Waals surface area contributed by atoms with Crippen molar-refractivity contribution in [2.75, 3.05) is 12.8 Å². The van der Waals surface area contributed by atoms with Crippen LogP contribution in [0.4, 0.5) is 4.79 Å². The van der Waals surface area contributed by atoms with E-state index in [0.29, 0.717) is 11.8 Å². The van der Waals surface area contributed by atoms with Gasteiger partial charge >= 0.3 is 12.0 Å². The highest BCUT2D eigenvalue weighted by molar-refractivity contribution is 7.99. The average molecular weight is 302 g/mol. The predicted octanol–water partition coefficient (Wildman–Crippen LogP) is 2.56. The second kappa shape index (κ2) is 8.39. The van der Waals surface area contributed by atoms with E-state index >= 15 is 0 Å². The van der Waals surface area contributed by atoms with E-state index in [2.05, 4.69) is 11.6 Å². The summed E-state index contributed by atoms with van der Waals surface area (Å²) in [5.74, 6) is -0.872. The summed E-state index contributed by atoms with van der Waals surface area (Å²) in [4.78, 5) is 24.7. The summed E-state index contributed by atoms with van der Waals surface area (Å²) in [5.41, 5.74) is 0. The standard InChI is InChI=1S/C14H26N2O3S/c1-4-16(10(2)9-13(17)18)14(19)15-11-7-5-6-8-12(11)20-3/h10-12H,4-9H2,1-3H3,(H,15,19)(H,17,18). The van der Waals surface area contributed by atoms with Gasteiger partial charge in [0.25, 0.3) is 0 Å². The zero-order valence-corrected chi connectivity index (χ0v) is 13.4. The molecule has 0 aliphatic heterocycles. The molecule has 0 radical (unpaired) electrons. The zero-order chi connectivity index (χ0) is 15.1. The fraction of sp³-hybridized carbons (Fsp3) is 0.857. The van der Waals surface area contributed by atoms with E-state index in [1.807, 2.05) is 6.92 Å². The number of nitrogens with one attached hydrogen (secondary N) is 1. The summed E-state index contributed by atoms with van der Waals surface area (Å²) < 4.78 is 0. The molecule has 6 heteroatoms. The van der Waals surface area contributed by atoms with Crippen molar-refractivity contribution >= 4 is 23.8 Å². The Hall–Kier alpha value is -0.910. The first-order valence-corrected chi connectivity index (χ1v) is 8.60. The number of carbonyl (C=O) groups is 2. The van der Waals surface area contributed by atoms with Gasteiger partial charge < -0.3 is 15.3 Å². The number of amides is 2. The molecule has 0 heterocycles. The maximum absolute atomic E-state index is 12.3. The SMILES string of the molecule is CCN(C(=O)NC1CCCCC1SC)C(C)CC(=O)O. The topological polar surface area (TPSA) is 69.6 Å². The van der Waals surface area contributed by atoms with E-state index in [0.717, 1.165) is 19.3 Å². The fourth-order valence-corrected chi connectivity index (χ4v) is 3.74. The monoisotopic (exact) mass is 302 g/mol. The summed E-state index contributed by atoms with van der Waals surface area (Å²) in [6, 6.07) is -0.210. The first kappa shape index (κ1) is 17.1. The minimum absolute atomic E-state index is 0.0160. The van der Waals surface area contributed by atoms with E-state index < -0.39 is 5.97 Å². The van der Waals surface area contributed by atoms with Crippen LogP contribution in [0.15, 0.2) is 0 Å². The lowest BCUT2D eigenvalue weighted by Gasteiger charge is -2.34. The first-order valence-electron chi connectivity index (χ1n) is 7.31. The molecule has 20 heavy (non-hydrogen) atoms. The highest BCUT2D eigenvalue weighted by atomic mass is 32.2. The quantitative estimate of drug-likeness (QED) is 0.791. The molecular formula is C14H26N2O3S. The zero-order valence-electron chi connectivity index (χ0n) is 12.6. The molecule has 0 spiro atoms. The van der Waals surface area contributed by atoms with Crippen molar-refractivity contribution in [2.24, 2.45) is 0 Å². The van der Waals surface area contributed by atoms with Crippen LogP contribution in [0.1, 0.15) is 46.0 Å². The van der Waals surface area contributed by atoms with Gasteiger partial charge in [0.15, 0.2) is 0 Å². The van der Waals surface area contributed by atoms with Gasteiger partial charge in [-0.25, -0.2) is 4.79 Å². The van der Waals surface area contributed by atoms with E-state index in [9.17, 15) is 9.59 Å². The van der Waals surface area contributed by atoms with Crippen molar-refractivity contribution < 1.29 is 14.7 Å². The average Bonchev–Trinajstić information content (AvgIpc) is 2.39. The van der Waals surface area contributed by atoms with Crippen LogP contribution in [0.2, 0.25) is 0 Å². The third-order valence-corrected chi connectivity index (χ3v) is 5.09. The summed E-state index contributed by atoms with van der Waals surface area (Å²) in [7, 11) is 0. The summed E-state index contributed by atoms with van der Waals surface area (Å²) >= 11 is 1.81. The number of hydrogen-bond acceptors (Lipinski definition) is 3. The Morgan fingerprint density at radius 2 is 2.05 bits per heavy atom. The minimum atomic E-state index is -0.872. The highest BCUT2D eigenvalue weighted by Gasteiger charge is 2.28. The van der Waals surface area contributed by atoms with E-state index in [-0.39, 0.29) is 24.5 Å². The molecule has 1 aliphatic rings. The summed E-state index contributed by atoms with van der Waals surface area (Å²) in [5, 5.41) is 12.4. The Morgan fingerprint density at radius 1 is 1.40 bits per heavy atom. The molecule has 116 valence electrons. The Balaban J connectivity index is 2.59.